The number of carbonyl (C=O) groups excluding carboxylic acids is 1. The van der Waals surface area contributed by atoms with Crippen LogP contribution < -0.4 is 9.47 Å². The molecule has 6 atom stereocenters. The summed E-state index contributed by atoms with van der Waals surface area (Å²) >= 11 is 1.67. The van der Waals surface area contributed by atoms with Crippen molar-refractivity contribution < 1.29 is 43.2 Å². The van der Waals surface area contributed by atoms with Crippen LogP contribution in [0, 0.1) is 23.6 Å². The predicted octanol–water partition coefficient (Wildman–Crippen LogP) is 13.6. The highest BCUT2D eigenvalue weighted by molar-refractivity contribution is 7.98. The van der Waals surface area contributed by atoms with Gasteiger partial charge in [0.05, 0.1) is 24.8 Å². The molecule has 3 aromatic rings. The topological polar surface area (TPSA) is 119 Å². The first kappa shape index (κ1) is 53.0. The van der Waals surface area contributed by atoms with Gasteiger partial charge in [0, 0.05) is 42.6 Å². The lowest BCUT2D eigenvalue weighted by Crippen LogP contribution is -2.70. The molecule has 0 spiro atoms. The van der Waals surface area contributed by atoms with E-state index in [2.05, 4.69) is 25.6 Å². The van der Waals surface area contributed by atoms with Gasteiger partial charge in [0.1, 0.15) is 35.7 Å². The average Bonchev–Trinajstić information content (AvgIpc) is 3.35. The minimum Gasteiger partial charge on any atom is -0.459 e. The number of halogens is 1. The third-order valence-electron chi connectivity index (χ3n) is 13.8. The predicted molar refractivity (Wildman–Crippen MR) is 270 cm³/mol. The Hall–Kier alpha value is -4.36. The number of benzene rings is 3. The zero-order chi connectivity index (χ0) is 48.1. The van der Waals surface area contributed by atoms with Crippen LogP contribution in [0.25, 0.3) is 0 Å². The van der Waals surface area contributed by atoms with E-state index < -0.39 is 23.8 Å². The molecule has 3 aromatic carbocycles. The number of hydrogen-bond acceptors (Lipinski definition) is 10. The molecule has 0 radical (unpaired) electrons. The SMILES string of the molecule is C=CCOC12Oc3ccc(Oc4ccc(SC)cc4)cc3C3C(CCCCO)C(CCCCO)C=C(C(=NOCC)CC1N(Cc1ccc(F)cc1)C(=O)OCCCCCCCCCCCC)C32. The van der Waals surface area contributed by atoms with Crippen molar-refractivity contribution in [1.82, 2.24) is 4.90 Å². The van der Waals surface area contributed by atoms with Crippen molar-refractivity contribution in [2.45, 2.75) is 152 Å². The number of fused-ring (bicyclic) bond motifs is 2. The molecule has 1 aliphatic heterocycles. The minimum atomic E-state index is -1.47. The molecule has 6 rings (SSSR count). The summed E-state index contributed by atoms with van der Waals surface area (Å²) in [5.74, 6) is -0.448. The first-order valence-corrected chi connectivity index (χ1v) is 26.7. The van der Waals surface area contributed by atoms with Gasteiger partial charge in [0.2, 0.25) is 5.79 Å². The third kappa shape index (κ3) is 13.9. The van der Waals surface area contributed by atoms with Crippen molar-refractivity contribution in [2.75, 3.05) is 39.3 Å². The molecule has 12 heteroatoms. The van der Waals surface area contributed by atoms with E-state index in [1.807, 2.05) is 49.6 Å². The van der Waals surface area contributed by atoms with Crippen LogP contribution in [-0.4, -0.2) is 78.0 Å². The zero-order valence-electron chi connectivity index (χ0n) is 40.9. The Morgan fingerprint density at radius 1 is 0.882 bits per heavy atom. The van der Waals surface area contributed by atoms with Crippen LogP contribution in [0.1, 0.15) is 140 Å². The fourth-order valence-electron chi connectivity index (χ4n) is 10.6. The summed E-state index contributed by atoms with van der Waals surface area (Å²) in [7, 11) is 0. The van der Waals surface area contributed by atoms with Gasteiger partial charge >= 0.3 is 6.09 Å². The normalized spacial score (nSPS) is 22.1. The molecule has 0 bridgehead atoms. The molecule has 2 aliphatic carbocycles. The molecule has 1 fully saturated rings. The number of unbranched alkanes of at least 4 members (excludes halogenated alkanes) is 11. The molecule has 372 valence electrons. The molecule has 1 amide bonds. The van der Waals surface area contributed by atoms with Gasteiger partial charge in [-0.3, -0.25) is 4.90 Å². The second kappa shape index (κ2) is 27.7. The van der Waals surface area contributed by atoms with Crippen molar-refractivity contribution >= 4 is 23.6 Å². The van der Waals surface area contributed by atoms with Crippen LogP contribution in [0.4, 0.5) is 9.18 Å². The number of rotatable bonds is 30. The number of nitrogens with zero attached hydrogens (tertiary/aromatic N) is 2. The molecule has 68 heavy (non-hydrogen) atoms. The number of thioether (sulfide) groups is 1. The minimum absolute atomic E-state index is 0.0420. The molecule has 2 N–H and O–H groups in total. The number of aliphatic hydroxyl groups excluding tert-OH is 2. The van der Waals surface area contributed by atoms with Crippen LogP contribution in [0.2, 0.25) is 0 Å². The number of amides is 1. The highest BCUT2D eigenvalue weighted by atomic mass is 32.2. The fraction of sp³-hybridized carbons (Fsp3) is 0.571. The van der Waals surface area contributed by atoms with E-state index in [4.69, 9.17) is 28.9 Å². The second-order valence-electron chi connectivity index (χ2n) is 18.5. The van der Waals surface area contributed by atoms with E-state index in [1.54, 1.807) is 34.9 Å². The molecule has 0 saturated heterocycles. The van der Waals surface area contributed by atoms with E-state index in [9.17, 15) is 19.4 Å². The van der Waals surface area contributed by atoms with Crippen LogP contribution in [0.5, 0.6) is 17.2 Å². The van der Waals surface area contributed by atoms with Gasteiger partial charge in [-0.2, -0.15) is 0 Å². The van der Waals surface area contributed by atoms with Crippen molar-refractivity contribution in [3.63, 3.8) is 0 Å². The molecule has 6 unspecified atom stereocenters. The van der Waals surface area contributed by atoms with Crippen LogP contribution in [0.3, 0.4) is 0 Å². The summed E-state index contributed by atoms with van der Waals surface area (Å²) in [4.78, 5) is 23.7. The summed E-state index contributed by atoms with van der Waals surface area (Å²) in [5, 5.41) is 24.8. The lowest BCUT2D eigenvalue weighted by Gasteiger charge is -2.59. The summed E-state index contributed by atoms with van der Waals surface area (Å²) < 4.78 is 41.8. The van der Waals surface area contributed by atoms with Gasteiger partial charge in [0.25, 0.3) is 0 Å². The quantitative estimate of drug-likeness (QED) is 0.0291. The highest BCUT2D eigenvalue weighted by Gasteiger charge is 2.65. The summed E-state index contributed by atoms with van der Waals surface area (Å²) in [6, 6.07) is 19.4. The fourth-order valence-corrected chi connectivity index (χ4v) is 11.0. The van der Waals surface area contributed by atoms with E-state index in [0.29, 0.717) is 42.4 Å². The number of aliphatic hydroxyl groups is 2. The van der Waals surface area contributed by atoms with Gasteiger partial charge < -0.3 is 34.0 Å². The third-order valence-corrected chi connectivity index (χ3v) is 14.6. The van der Waals surface area contributed by atoms with Gasteiger partial charge in [-0.1, -0.05) is 107 Å². The van der Waals surface area contributed by atoms with Gasteiger partial charge in [-0.05, 0) is 123 Å². The Labute approximate surface area is 409 Å². The first-order valence-electron chi connectivity index (χ1n) is 25.5. The lowest BCUT2D eigenvalue weighted by atomic mass is 9.55. The number of ether oxygens (including phenoxy) is 4. The van der Waals surface area contributed by atoms with Crippen LogP contribution >= 0.6 is 11.8 Å². The molecule has 10 nitrogen and oxygen atoms in total. The van der Waals surface area contributed by atoms with Crippen LogP contribution in [-0.2, 0) is 20.9 Å². The van der Waals surface area contributed by atoms with Crippen molar-refractivity contribution in [3.8, 4) is 17.2 Å². The number of allylic oxidation sites excluding steroid dienone is 1. The largest absolute Gasteiger partial charge is 0.459 e. The molecule has 1 heterocycles. The second-order valence-corrected chi connectivity index (χ2v) is 19.4. The molecule has 1 saturated carbocycles. The Morgan fingerprint density at radius 2 is 1.56 bits per heavy atom. The van der Waals surface area contributed by atoms with E-state index in [-0.39, 0.29) is 63.0 Å². The molecular formula is C56H77FN2O8S. The number of hydrogen-bond donors (Lipinski definition) is 2. The van der Waals surface area contributed by atoms with E-state index in [0.717, 1.165) is 66.5 Å². The summed E-state index contributed by atoms with van der Waals surface area (Å²) in [5.41, 5.74) is 3.33. The van der Waals surface area contributed by atoms with Crippen molar-refractivity contribution in [3.05, 3.63) is 108 Å². The maximum Gasteiger partial charge on any atom is 0.410 e. The summed E-state index contributed by atoms with van der Waals surface area (Å²) in [6.45, 7) is 9.22. The van der Waals surface area contributed by atoms with Crippen molar-refractivity contribution in [2.24, 2.45) is 22.9 Å². The standard InChI is InChI=1S/C56H77FN2O8S/c1-5-8-9-10-11-12-13-14-15-20-36-63-55(62)59(40-41-23-25-43(57)26-24-41)52-39-50(58-65-7-3)48-37-42(21-16-18-33-60)47(22-17-19-34-61)53-49-38-45(66-44-27-30-46(68-4)31-28-44)29-32-51(49)67-56(52,54(48)53)64-35-6-2/h6,23-32,37-38,42,47,52-54,60-61H,2,5,7-22,33-36,39-40H2,1,3-4H3. The van der Waals surface area contributed by atoms with Gasteiger partial charge in [-0.15, -0.1) is 18.3 Å². The Morgan fingerprint density at radius 3 is 2.22 bits per heavy atom. The molecule has 0 aromatic heterocycles. The van der Waals surface area contributed by atoms with Gasteiger partial charge in [-0.25, -0.2) is 9.18 Å². The van der Waals surface area contributed by atoms with E-state index in [1.165, 1.54) is 57.1 Å². The maximum atomic E-state index is 14.9. The Bertz CT molecular complexity index is 2060. The van der Waals surface area contributed by atoms with E-state index >= 15 is 0 Å². The van der Waals surface area contributed by atoms with Crippen molar-refractivity contribution in [1.29, 1.82) is 0 Å². The number of carbonyl (C=O) groups is 1. The zero-order valence-corrected chi connectivity index (χ0v) is 41.7. The average molecular weight is 957 g/mol. The highest BCUT2D eigenvalue weighted by Crippen LogP contribution is 2.62. The molecule has 3 aliphatic rings. The van der Waals surface area contributed by atoms with Gasteiger partial charge in [0.15, 0.2) is 0 Å². The Kier molecular flexibility index (Phi) is 21.6. The maximum absolute atomic E-state index is 14.9. The van der Waals surface area contributed by atoms with Crippen LogP contribution in [0.15, 0.2) is 101 Å². The summed E-state index contributed by atoms with van der Waals surface area (Å²) in [6.07, 6.45) is 22.0. The number of oxime groups is 1. The first-order chi connectivity index (χ1) is 33.3. The smallest absolute Gasteiger partial charge is 0.410 e. The lowest BCUT2D eigenvalue weighted by molar-refractivity contribution is -0.256. The Balaban J connectivity index is 1.45. The monoisotopic (exact) mass is 957 g/mol. The molecular weight excluding hydrogens is 880 g/mol.